The van der Waals surface area contributed by atoms with Crippen LogP contribution in [-0.4, -0.2) is 53.9 Å². The quantitative estimate of drug-likeness (QED) is 0.230. The lowest BCUT2D eigenvalue weighted by Gasteiger charge is -2.32. The monoisotopic (exact) mass is 564 g/mol. The number of amides is 2. The van der Waals surface area contributed by atoms with E-state index in [0.29, 0.717) is 30.5 Å². The van der Waals surface area contributed by atoms with E-state index < -0.39 is 35.5 Å². The van der Waals surface area contributed by atoms with E-state index >= 15 is 0 Å². The number of ether oxygens (including phenoxy) is 2. The summed E-state index contributed by atoms with van der Waals surface area (Å²) in [5.74, 6) is -0.408. The number of unbranched alkanes of at least 4 members (excludes halogenated alkanes) is 1. The summed E-state index contributed by atoms with van der Waals surface area (Å²) in [7, 11) is 0. The maximum atomic E-state index is 13.5. The Labute approximate surface area is 233 Å². The van der Waals surface area contributed by atoms with Crippen LogP contribution in [0.2, 0.25) is 0 Å². The molecule has 8 nitrogen and oxygen atoms in total. The van der Waals surface area contributed by atoms with Crippen LogP contribution < -0.4 is 16.0 Å². The van der Waals surface area contributed by atoms with Gasteiger partial charge in [0.1, 0.15) is 17.3 Å². The molecule has 3 atom stereocenters. The first-order valence-corrected chi connectivity index (χ1v) is 13.6. The van der Waals surface area contributed by atoms with Crippen LogP contribution in [0.1, 0.15) is 65.0 Å². The second-order valence-corrected chi connectivity index (χ2v) is 11.0. The van der Waals surface area contributed by atoms with Crippen molar-refractivity contribution in [3.63, 3.8) is 0 Å². The third-order valence-corrected chi connectivity index (χ3v) is 6.38. The van der Waals surface area contributed by atoms with E-state index in [4.69, 9.17) is 9.47 Å². The topological polar surface area (TPSA) is 102 Å². The Morgan fingerprint density at radius 3 is 2.60 bits per heavy atom. The van der Waals surface area contributed by atoms with Gasteiger partial charge in [-0.2, -0.15) is 13.2 Å². The van der Waals surface area contributed by atoms with Gasteiger partial charge in [-0.1, -0.05) is 24.3 Å². The van der Waals surface area contributed by atoms with Crippen molar-refractivity contribution in [2.45, 2.75) is 89.2 Å². The van der Waals surface area contributed by atoms with E-state index in [0.717, 1.165) is 31.7 Å². The average Bonchev–Trinajstić information content (AvgIpc) is 2.86. The second-order valence-electron chi connectivity index (χ2n) is 11.0. The van der Waals surface area contributed by atoms with Gasteiger partial charge in [-0.15, -0.1) is 6.58 Å². The first-order valence-electron chi connectivity index (χ1n) is 13.6. The number of hydrogen-bond acceptors (Lipinski definition) is 6. The molecule has 2 aromatic rings. The summed E-state index contributed by atoms with van der Waals surface area (Å²) >= 11 is 0. The van der Waals surface area contributed by atoms with Crippen LogP contribution in [0.5, 0.6) is 0 Å². The minimum Gasteiger partial charge on any atom is -0.444 e. The van der Waals surface area contributed by atoms with Gasteiger partial charge >= 0.3 is 12.3 Å². The fourth-order valence-electron chi connectivity index (χ4n) is 4.58. The molecule has 1 heterocycles. The molecular weight excluding hydrogens is 525 g/mol. The predicted molar refractivity (Wildman–Crippen MR) is 148 cm³/mol. The van der Waals surface area contributed by atoms with Crippen LogP contribution in [-0.2, 0) is 20.4 Å². The number of nitrogens with zero attached hydrogens (tertiary/aromatic N) is 1. The molecule has 1 fully saturated rings. The Morgan fingerprint density at radius 1 is 1.18 bits per heavy atom. The minimum atomic E-state index is -4.58. The number of hydrogen-bond donors (Lipinski definition) is 3. The highest BCUT2D eigenvalue weighted by molar-refractivity contribution is 5.91. The van der Waals surface area contributed by atoms with Gasteiger partial charge in [-0.25, -0.2) is 9.78 Å². The number of allylic oxidation sites excluding steroid dienone is 1. The first-order chi connectivity index (χ1) is 18.9. The molecule has 11 heteroatoms. The van der Waals surface area contributed by atoms with Crippen LogP contribution in [0.3, 0.4) is 0 Å². The van der Waals surface area contributed by atoms with Crippen molar-refractivity contribution in [2.24, 2.45) is 0 Å². The predicted octanol–water partition coefficient (Wildman–Crippen LogP) is 5.97. The zero-order chi connectivity index (χ0) is 29.3. The number of para-hydroxylation sites is 1. The molecule has 3 rings (SSSR count). The number of alkyl carbamates (subject to hydrolysis) is 1. The molecule has 220 valence electrons. The maximum absolute atomic E-state index is 13.5. The van der Waals surface area contributed by atoms with Crippen LogP contribution in [0.15, 0.2) is 43.0 Å². The maximum Gasteiger partial charge on any atom is 0.433 e. The number of benzene rings is 1. The standard InChI is InChI=1S/C29H39F3N4O4/c1-5-6-9-15-39-18-24(36-27(38)40-28(2,3)4)26(37)34-20-12-10-11-19(16-20)33-23-17-25(29(30,31)32)35-22-14-8-7-13-21(22)23/h5,7-8,13-14,17,19-20,24H,1,6,9-12,15-16,18H2,2-4H3,(H,33,35)(H,34,37)(H,36,38)/t19-,20+,24-/m0/s1. The minimum absolute atomic E-state index is 0.0279. The Hall–Kier alpha value is -3.34. The summed E-state index contributed by atoms with van der Waals surface area (Å²) in [4.78, 5) is 29.4. The number of carbonyl (C=O) groups excluding carboxylic acids is 2. The lowest BCUT2D eigenvalue weighted by Crippen LogP contribution is -2.53. The van der Waals surface area contributed by atoms with Gasteiger partial charge in [-0.05, 0) is 71.4 Å². The molecule has 2 amide bonds. The summed E-state index contributed by atoms with van der Waals surface area (Å²) in [5.41, 5.74) is -1.09. The fraction of sp³-hybridized carbons (Fsp3) is 0.552. The molecule has 1 aromatic heterocycles. The highest BCUT2D eigenvalue weighted by Crippen LogP contribution is 2.34. The number of rotatable bonds is 11. The SMILES string of the molecule is C=CCCCOC[C@H](NC(=O)OC(C)(C)C)C(=O)N[C@@H]1CCC[C@H](Nc2cc(C(F)(F)F)nc3ccccc23)C1. The lowest BCUT2D eigenvalue weighted by molar-refractivity contribution is -0.140. The highest BCUT2D eigenvalue weighted by atomic mass is 19.4. The second kappa shape index (κ2) is 13.8. The number of pyridine rings is 1. The lowest BCUT2D eigenvalue weighted by atomic mass is 9.90. The fourth-order valence-corrected chi connectivity index (χ4v) is 4.58. The molecule has 1 saturated carbocycles. The van der Waals surface area contributed by atoms with Crippen LogP contribution >= 0.6 is 0 Å². The molecule has 0 radical (unpaired) electrons. The van der Waals surface area contributed by atoms with Gasteiger partial charge in [0.15, 0.2) is 0 Å². The number of carbonyl (C=O) groups is 2. The number of aromatic nitrogens is 1. The summed E-state index contributed by atoms with van der Waals surface area (Å²) < 4.78 is 51.4. The molecule has 40 heavy (non-hydrogen) atoms. The number of anilines is 1. The van der Waals surface area contributed by atoms with Gasteiger partial charge in [-0.3, -0.25) is 4.79 Å². The average molecular weight is 565 g/mol. The molecule has 0 unspecified atom stereocenters. The van der Waals surface area contributed by atoms with E-state index in [1.54, 1.807) is 51.1 Å². The van der Waals surface area contributed by atoms with Crippen molar-refractivity contribution in [3.05, 3.63) is 48.7 Å². The molecule has 0 aliphatic heterocycles. The molecule has 1 aromatic carbocycles. The molecule has 0 bridgehead atoms. The Kier molecular flexibility index (Phi) is 10.8. The summed E-state index contributed by atoms with van der Waals surface area (Å²) in [6, 6.07) is 6.35. The number of alkyl halides is 3. The number of halogens is 3. The molecule has 3 N–H and O–H groups in total. The third-order valence-electron chi connectivity index (χ3n) is 6.38. The van der Waals surface area contributed by atoms with Gasteiger partial charge in [0.2, 0.25) is 5.91 Å². The van der Waals surface area contributed by atoms with Crippen molar-refractivity contribution in [3.8, 4) is 0 Å². The molecule has 1 aliphatic rings. The van der Waals surface area contributed by atoms with Crippen molar-refractivity contribution in [2.75, 3.05) is 18.5 Å². The van der Waals surface area contributed by atoms with Crippen LogP contribution in [0.25, 0.3) is 10.9 Å². The number of nitrogens with one attached hydrogen (secondary N) is 3. The van der Waals surface area contributed by atoms with E-state index in [2.05, 4.69) is 27.5 Å². The first kappa shape index (κ1) is 31.2. The normalized spacial score (nSPS) is 18.6. The zero-order valence-electron chi connectivity index (χ0n) is 23.3. The van der Waals surface area contributed by atoms with Crippen molar-refractivity contribution >= 4 is 28.6 Å². The van der Waals surface area contributed by atoms with Crippen molar-refractivity contribution in [1.82, 2.24) is 15.6 Å². The van der Waals surface area contributed by atoms with Crippen LogP contribution in [0, 0.1) is 0 Å². The Balaban J connectivity index is 1.67. The van der Waals surface area contributed by atoms with Gasteiger partial charge in [0.25, 0.3) is 0 Å². The van der Waals surface area contributed by atoms with E-state index in [1.807, 2.05) is 0 Å². The van der Waals surface area contributed by atoms with Gasteiger partial charge in [0.05, 0.1) is 12.1 Å². The van der Waals surface area contributed by atoms with Crippen molar-refractivity contribution < 1.29 is 32.2 Å². The zero-order valence-corrected chi connectivity index (χ0v) is 23.3. The van der Waals surface area contributed by atoms with E-state index in [1.165, 1.54) is 0 Å². The summed E-state index contributed by atoms with van der Waals surface area (Å²) in [6.07, 6.45) is 0.680. The molecular formula is C29H39F3N4O4. The molecule has 0 saturated heterocycles. The van der Waals surface area contributed by atoms with Gasteiger partial charge < -0.3 is 25.4 Å². The Morgan fingerprint density at radius 2 is 1.90 bits per heavy atom. The summed E-state index contributed by atoms with van der Waals surface area (Å²) in [5, 5.41) is 9.45. The van der Waals surface area contributed by atoms with E-state index in [-0.39, 0.29) is 24.2 Å². The van der Waals surface area contributed by atoms with E-state index in [9.17, 15) is 22.8 Å². The Bertz CT molecular complexity index is 1170. The smallest absolute Gasteiger partial charge is 0.433 e. The van der Waals surface area contributed by atoms with Crippen LogP contribution in [0.4, 0.5) is 23.7 Å². The summed E-state index contributed by atoms with van der Waals surface area (Å²) in [6.45, 7) is 9.23. The highest BCUT2D eigenvalue weighted by Gasteiger charge is 2.34. The molecule has 1 aliphatic carbocycles. The number of fused-ring (bicyclic) bond motifs is 1. The third kappa shape index (κ3) is 9.69. The largest absolute Gasteiger partial charge is 0.444 e. The van der Waals surface area contributed by atoms with Gasteiger partial charge in [0, 0.05) is 29.8 Å². The molecule has 0 spiro atoms. The van der Waals surface area contributed by atoms with Crippen molar-refractivity contribution in [1.29, 1.82) is 0 Å².